The molecule has 0 bridgehead atoms. The van der Waals surface area contributed by atoms with Gasteiger partial charge in [0.1, 0.15) is 0 Å². The van der Waals surface area contributed by atoms with Gasteiger partial charge in [0.05, 0.1) is 25.0 Å². The van der Waals surface area contributed by atoms with E-state index in [4.69, 9.17) is 10.5 Å². The molecule has 1 atom stereocenters. The van der Waals surface area contributed by atoms with Gasteiger partial charge in [-0.2, -0.15) is 16.9 Å². The van der Waals surface area contributed by atoms with Crippen LogP contribution in [0, 0.1) is 0 Å². The number of aromatic nitrogens is 2. The zero-order valence-electron chi connectivity index (χ0n) is 10.3. The Morgan fingerprint density at radius 3 is 2.88 bits per heavy atom. The first-order chi connectivity index (χ1) is 7.74. The zero-order chi connectivity index (χ0) is 12.0. The summed E-state index contributed by atoms with van der Waals surface area (Å²) in [6.45, 7) is 5.16. The number of hydrogen-bond donors (Lipinski definition) is 1. The lowest BCUT2D eigenvalue weighted by molar-refractivity contribution is 0.403. The highest BCUT2D eigenvalue weighted by molar-refractivity contribution is 7.99. The van der Waals surface area contributed by atoms with E-state index in [-0.39, 0.29) is 6.04 Å². The van der Waals surface area contributed by atoms with Crippen LogP contribution < -0.4 is 10.5 Å². The van der Waals surface area contributed by atoms with Gasteiger partial charge in [0.2, 0.25) is 0 Å². The van der Waals surface area contributed by atoms with Crippen LogP contribution in [0.5, 0.6) is 5.75 Å². The molecule has 0 saturated heterocycles. The number of aryl methyl sites for hydroxylation is 1. The van der Waals surface area contributed by atoms with E-state index in [1.165, 1.54) is 0 Å². The first-order valence-electron chi connectivity index (χ1n) is 5.67. The third-order valence-electron chi connectivity index (χ3n) is 2.35. The fourth-order valence-electron chi connectivity index (χ4n) is 1.62. The second-order valence-corrected chi connectivity index (χ2v) is 4.91. The van der Waals surface area contributed by atoms with Gasteiger partial charge in [0, 0.05) is 12.3 Å². The molecule has 92 valence electrons. The van der Waals surface area contributed by atoms with Crippen molar-refractivity contribution in [1.29, 1.82) is 0 Å². The average molecular weight is 243 g/mol. The highest BCUT2D eigenvalue weighted by atomic mass is 32.2. The lowest BCUT2D eigenvalue weighted by Gasteiger charge is -2.14. The normalized spacial score (nSPS) is 12.8. The Morgan fingerprint density at radius 1 is 1.56 bits per heavy atom. The van der Waals surface area contributed by atoms with Crippen LogP contribution in [0.2, 0.25) is 0 Å². The maximum Gasteiger partial charge on any atom is 0.161 e. The van der Waals surface area contributed by atoms with E-state index in [0.717, 1.165) is 35.9 Å². The average Bonchev–Trinajstić information content (AvgIpc) is 2.69. The molecular weight excluding hydrogens is 222 g/mol. The Labute approximate surface area is 102 Å². The van der Waals surface area contributed by atoms with Crippen LogP contribution >= 0.6 is 11.8 Å². The van der Waals surface area contributed by atoms with Crippen LogP contribution in [0.25, 0.3) is 0 Å². The first kappa shape index (κ1) is 13.4. The summed E-state index contributed by atoms with van der Waals surface area (Å²) in [5.41, 5.74) is 7.19. The van der Waals surface area contributed by atoms with Crippen molar-refractivity contribution in [1.82, 2.24) is 9.78 Å². The van der Waals surface area contributed by atoms with Gasteiger partial charge in [-0.25, -0.2) is 0 Å². The van der Waals surface area contributed by atoms with Crippen LogP contribution in [0.1, 0.15) is 32.0 Å². The minimum atomic E-state index is -0.00560. The van der Waals surface area contributed by atoms with E-state index in [2.05, 4.69) is 18.9 Å². The van der Waals surface area contributed by atoms with E-state index in [1.54, 1.807) is 13.3 Å². The molecule has 0 saturated carbocycles. The number of nitrogens with zero attached hydrogens (tertiary/aromatic N) is 2. The Hall–Kier alpha value is -0.680. The predicted molar refractivity (Wildman–Crippen MR) is 69.0 cm³/mol. The predicted octanol–water partition coefficient (Wildman–Crippen LogP) is 2.05. The standard InChI is InChI=1S/C11H21N3OS/c1-4-6-14-11(9(12)8-16-5-2)10(15-3)7-13-14/h7,9H,4-6,8,12H2,1-3H3. The third kappa shape index (κ3) is 3.15. The summed E-state index contributed by atoms with van der Waals surface area (Å²) < 4.78 is 7.26. The molecule has 1 heterocycles. The van der Waals surface area contributed by atoms with Gasteiger partial charge >= 0.3 is 0 Å². The summed E-state index contributed by atoms with van der Waals surface area (Å²) in [5, 5.41) is 4.31. The second kappa shape index (κ2) is 6.81. The molecule has 0 aliphatic carbocycles. The van der Waals surface area contributed by atoms with Gasteiger partial charge < -0.3 is 10.5 Å². The number of methoxy groups -OCH3 is 1. The largest absolute Gasteiger partial charge is 0.493 e. The Kier molecular flexibility index (Phi) is 5.69. The quantitative estimate of drug-likeness (QED) is 0.796. The smallest absolute Gasteiger partial charge is 0.161 e. The van der Waals surface area contributed by atoms with E-state index < -0.39 is 0 Å². The highest BCUT2D eigenvalue weighted by Gasteiger charge is 2.18. The molecule has 5 heteroatoms. The van der Waals surface area contributed by atoms with Crippen LogP contribution in [-0.4, -0.2) is 28.4 Å². The number of hydrogen-bond acceptors (Lipinski definition) is 4. The highest BCUT2D eigenvalue weighted by Crippen LogP contribution is 2.25. The molecule has 0 spiro atoms. The molecule has 1 aromatic rings. The molecule has 1 aromatic heterocycles. The van der Waals surface area contributed by atoms with Crippen molar-refractivity contribution in [2.45, 2.75) is 32.9 Å². The molecule has 2 N–H and O–H groups in total. The number of thioether (sulfide) groups is 1. The molecule has 0 radical (unpaired) electrons. The Balaban J connectivity index is 2.84. The van der Waals surface area contributed by atoms with Crippen molar-refractivity contribution in [3.05, 3.63) is 11.9 Å². The van der Waals surface area contributed by atoms with Crippen molar-refractivity contribution in [3.8, 4) is 5.75 Å². The SMILES string of the molecule is CCCn1ncc(OC)c1C(N)CSCC. The molecule has 0 fully saturated rings. The lowest BCUT2D eigenvalue weighted by atomic mass is 10.2. The van der Waals surface area contributed by atoms with E-state index in [9.17, 15) is 0 Å². The lowest BCUT2D eigenvalue weighted by Crippen LogP contribution is -2.19. The monoisotopic (exact) mass is 243 g/mol. The van der Waals surface area contributed by atoms with Crippen molar-refractivity contribution < 1.29 is 4.74 Å². The molecular formula is C11H21N3OS. The third-order valence-corrected chi connectivity index (χ3v) is 3.36. The van der Waals surface area contributed by atoms with Gasteiger partial charge in [0.15, 0.2) is 5.75 Å². The summed E-state index contributed by atoms with van der Waals surface area (Å²) in [4.78, 5) is 0. The molecule has 0 aliphatic heterocycles. The van der Waals surface area contributed by atoms with E-state index >= 15 is 0 Å². The number of nitrogens with two attached hydrogens (primary N) is 1. The van der Waals surface area contributed by atoms with Crippen molar-refractivity contribution >= 4 is 11.8 Å². The molecule has 1 rings (SSSR count). The summed E-state index contributed by atoms with van der Waals surface area (Å²) in [7, 11) is 1.66. The van der Waals surface area contributed by atoms with Crippen LogP contribution in [-0.2, 0) is 6.54 Å². The maximum atomic E-state index is 6.17. The van der Waals surface area contributed by atoms with Gasteiger partial charge in [-0.15, -0.1) is 0 Å². The van der Waals surface area contributed by atoms with E-state index in [0.29, 0.717) is 0 Å². The molecule has 0 aromatic carbocycles. The molecule has 1 unspecified atom stereocenters. The first-order valence-corrected chi connectivity index (χ1v) is 6.83. The molecule has 0 amide bonds. The van der Waals surface area contributed by atoms with Gasteiger partial charge in [0.25, 0.3) is 0 Å². The summed E-state index contributed by atoms with van der Waals surface area (Å²) in [6, 6.07) is -0.00560. The second-order valence-electron chi connectivity index (χ2n) is 3.59. The maximum absolute atomic E-state index is 6.17. The Bertz CT molecular complexity index is 314. The van der Waals surface area contributed by atoms with E-state index in [1.807, 2.05) is 16.4 Å². The summed E-state index contributed by atoms with van der Waals surface area (Å²) in [5.74, 6) is 2.79. The topological polar surface area (TPSA) is 53.1 Å². The molecule has 4 nitrogen and oxygen atoms in total. The van der Waals surface area contributed by atoms with Crippen LogP contribution in [0.15, 0.2) is 6.20 Å². The van der Waals surface area contributed by atoms with Crippen LogP contribution in [0.3, 0.4) is 0 Å². The van der Waals surface area contributed by atoms with Crippen molar-refractivity contribution in [2.75, 3.05) is 18.6 Å². The molecule has 0 aliphatic rings. The van der Waals surface area contributed by atoms with Gasteiger partial charge in [-0.05, 0) is 12.2 Å². The summed E-state index contributed by atoms with van der Waals surface area (Å²) >= 11 is 1.84. The zero-order valence-corrected chi connectivity index (χ0v) is 11.1. The number of rotatable bonds is 7. The van der Waals surface area contributed by atoms with Crippen molar-refractivity contribution in [2.24, 2.45) is 5.73 Å². The minimum Gasteiger partial charge on any atom is -0.493 e. The van der Waals surface area contributed by atoms with Gasteiger partial charge in [-0.3, -0.25) is 4.68 Å². The fraction of sp³-hybridized carbons (Fsp3) is 0.727. The van der Waals surface area contributed by atoms with Gasteiger partial charge in [-0.1, -0.05) is 13.8 Å². The van der Waals surface area contributed by atoms with Crippen molar-refractivity contribution in [3.63, 3.8) is 0 Å². The number of ether oxygens (including phenoxy) is 1. The minimum absolute atomic E-state index is 0.00560. The Morgan fingerprint density at radius 2 is 2.31 bits per heavy atom. The van der Waals surface area contributed by atoms with Crippen LogP contribution in [0.4, 0.5) is 0 Å². The fourth-order valence-corrected chi connectivity index (χ4v) is 2.27. The summed E-state index contributed by atoms with van der Waals surface area (Å²) in [6.07, 6.45) is 2.80. The molecule has 16 heavy (non-hydrogen) atoms.